The molecule has 3 aliphatic rings. The second-order valence-corrected chi connectivity index (χ2v) is 7.19. The van der Waals surface area contributed by atoms with Crippen molar-refractivity contribution in [1.82, 2.24) is 15.1 Å². The Balaban J connectivity index is 1.73. The van der Waals surface area contributed by atoms with Gasteiger partial charge in [-0.1, -0.05) is 0 Å². The number of methoxy groups -OCH3 is 1. The number of amides is 2. The van der Waals surface area contributed by atoms with E-state index < -0.39 is 0 Å². The predicted octanol–water partition coefficient (Wildman–Crippen LogP) is 0.226. The second kappa shape index (κ2) is 5.81. The molecule has 0 unspecified atom stereocenters. The minimum absolute atomic E-state index is 0.0593. The molecular weight excluding hydrogens is 282 g/mol. The van der Waals surface area contributed by atoms with E-state index in [9.17, 15) is 9.59 Å². The van der Waals surface area contributed by atoms with Crippen molar-refractivity contribution in [1.29, 1.82) is 0 Å². The number of piperazine rings is 1. The van der Waals surface area contributed by atoms with E-state index in [4.69, 9.17) is 4.74 Å². The molecule has 1 saturated carbocycles. The van der Waals surface area contributed by atoms with Gasteiger partial charge in [-0.2, -0.15) is 0 Å². The summed E-state index contributed by atoms with van der Waals surface area (Å²) >= 11 is 0. The molecule has 3 rings (SSSR count). The van der Waals surface area contributed by atoms with E-state index in [0.29, 0.717) is 19.6 Å². The molecule has 0 aromatic heterocycles. The fraction of sp³-hybridized carbons (Fsp3) is 0.875. The van der Waals surface area contributed by atoms with Gasteiger partial charge in [0, 0.05) is 45.2 Å². The molecule has 0 aromatic rings. The van der Waals surface area contributed by atoms with E-state index in [1.54, 1.807) is 7.11 Å². The Morgan fingerprint density at radius 1 is 1.27 bits per heavy atom. The number of ether oxygens (including phenoxy) is 1. The fourth-order valence-corrected chi connectivity index (χ4v) is 3.95. The van der Waals surface area contributed by atoms with Crippen LogP contribution in [0.5, 0.6) is 0 Å². The number of rotatable bonds is 3. The molecule has 22 heavy (non-hydrogen) atoms. The van der Waals surface area contributed by atoms with Gasteiger partial charge in [-0.15, -0.1) is 0 Å². The molecule has 2 saturated heterocycles. The lowest BCUT2D eigenvalue weighted by Crippen LogP contribution is -2.63. The summed E-state index contributed by atoms with van der Waals surface area (Å²) < 4.78 is 5.26. The van der Waals surface area contributed by atoms with Crippen molar-refractivity contribution in [3.05, 3.63) is 0 Å². The number of carbonyl (C=O) groups excluding carboxylic acids is 2. The van der Waals surface area contributed by atoms with Crippen molar-refractivity contribution in [3.63, 3.8) is 0 Å². The molecule has 1 atom stereocenters. The Kier molecular flexibility index (Phi) is 4.16. The largest absolute Gasteiger partial charge is 0.384 e. The van der Waals surface area contributed by atoms with Crippen LogP contribution >= 0.6 is 0 Å². The Morgan fingerprint density at radius 2 is 2.05 bits per heavy atom. The molecule has 0 bridgehead atoms. The van der Waals surface area contributed by atoms with Gasteiger partial charge in [-0.25, -0.2) is 0 Å². The monoisotopic (exact) mass is 309 g/mol. The van der Waals surface area contributed by atoms with Crippen LogP contribution in [-0.2, 0) is 14.3 Å². The van der Waals surface area contributed by atoms with Crippen molar-refractivity contribution >= 4 is 11.8 Å². The smallest absolute Gasteiger partial charge is 0.231 e. The maximum Gasteiger partial charge on any atom is 0.231 e. The molecule has 1 spiro atoms. The predicted molar refractivity (Wildman–Crippen MR) is 82.3 cm³/mol. The van der Waals surface area contributed by atoms with E-state index in [1.165, 1.54) is 0 Å². The van der Waals surface area contributed by atoms with Crippen molar-refractivity contribution in [2.75, 3.05) is 46.9 Å². The third-order valence-corrected chi connectivity index (χ3v) is 5.75. The van der Waals surface area contributed by atoms with Crippen LogP contribution in [0.4, 0.5) is 0 Å². The molecule has 1 N–H and O–H groups in total. The highest BCUT2D eigenvalue weighted by Gasteiger charge is 2.53. The molecule has 124 valence electrons. The number of nitrogens with one attached hydrogen (secondary N) is 1. The van der Waals surface area contributed by atoms with Crippen molar-refractivity contribution in [2.24, 2.45) is 5.41 Å². The van der Waals surface area contributed by atoms with Crippen LogP contribution in [0.2, 0.25) is 0 Å². The first-order valence-electron chi connectivity index (χ1n) is 8.28. The van der Waals surface area contributed by atoms with Crippen LogP contribution in [-0.4, -0.2) is 74.1 Å². The topological polar surface area (TPSA) is 61.9 Å². The molecule has 2 aliphatic heterocycles. The van der Waals surface area contributed by atoms with Gasteiger partial charge in [0.05, 0.1) is 12.0 Å². The standard InChI is InChI=1S/C16H27N3O3/c1-18-9-10-19(14(21)15(5-6-15)12-22-2)11-16(18)4-3-13(20)17-8-7-16/h3-12H2,1-2H3,(H,17,20)/t16-/m1/s1. The van der Waals surface area contributed by atoms with Crippen molar-refractivity contribution < 1.29 is 14.3 Å². The van der Waals surface area contributed by atoms with Crippen LogP contribution in [0, 0.1) is 5.41 Å². The number of hydrogen-bond donors (Lipinski definition) is 1. The SMILES string of the molecule is COCC1(C(=O)N2CCN(C)[C@]3(CCNC(=O)CC3)C2)CC1. The molecule has 2 amide bonds. The summed E-state index contributed by atoms with van der Waals surface area (Å²) in [6.45, 7) is 3.63. The zero-order chi connectivity index (χ0) is 15.8. The minimum Gasteiger partial charge on any atom is -0.384 e. The molecule has 6 nitrogen and oxygen atoms in total. The molecular formula is C16H27N3O3. The summed E-state index contributed by atoms with van der Waals surface area (Å²) in [6, 6.07) is 0. The van der Waals surface area contributed by atoms with E-state index in [-0.39, 0.29) is 22.8 Å². The lowest BCUT2D eigenvalue weighted by atomic mass is 9.85. The second-order valence-electron chi connectivity index (χ2n) is 7.19. The number of nitrogens with zero attached hydrogens (tertiary/aromatic N) is 2. The average Bonchev–Trinajstić information content (AvgIpc) is 3.29. The number of hydrogen-bond acceptors (Lipinski definition) is 4. The summed E-state index contributed by atoms with van der Waals surface area (Å²) in [5, 5.41) is 2.95. The highest BCUT2D eigenvalue weighted by Crippen LogP contribution is 2.48. The molecule has 2 heterocycles. The van der Waals surface area contributed by atoms with Gasteiger partial charge in [-0.3, -0.25) is 14.5 Å². The summed E-state index contributed by atoms with van der Waals surface area (Å²) in [4.78, 5) is 28.9. The van der Waals surface area contributed by atoms with Crippen molar-refractivity contribution in [3.8, 4) is 0 Å². The Labute approximate surface area is 132 Å². The van der Waals surface area contributed by atoms with Crippen LogP contribution < -0.4 is 5.32 Å². The summed E-state index contributed by atoms with van der Waals surface area (Å²) in [5.41, 5.74) is -0.319. The first kappa shape index (κ1) is 15.7. The normalized spacial score (nSPS) is 31.7. The molecule has 6 heteroatoms. The Bertz CT molecular complexity index is 464. The van der Waals surface area contributed by atoms with E-state index in [0.717, 1.165) is 45.3 Å². The third-order valence-electron chi connectivity index (χ3n) is 5.75. The summed E-state index contributed by atoms with van der Waals surface area (Å²) in [7, 11) is 3.79. The first-order valence-corrected chi connectivity index (χ1v) is 8.28. The van der Waals surface area contributed by atoms with Gasteiger partial charge in [0.25, 0.3) is 0 Å². The number of carbonyl (C=O) groups is 2. The highest BCUT2D eigenvalue weighted by molar-refractivity contribution is 5.85. The van der Waals surface area contributed by atoms with Gasteiger partial charge in [-0.05, 0) is 32.7 Å². The molecule has 1 aliphatic carbocycles. The zero-order valence-corrected chi connectivity index (χ0v) is 13.7. The third kappa shape index (κ3) is 2.74. The van der Waals surface area contributed by atoms with Gasteiger partial charge in [0.15, 0.2) is 0 Å². The number of likely N-dealkylation sites (N-methyl/N-ethyl adjacent to an activating group) is 1. The molecule has 0 aromatic carbocycles. The van der Waals surface area contributed by atoms with Crippen LogP contribution in [0.25, 0.3) is 0 Å². The van der Waals surface area contributed by atoms with Gasteiger partial charge < -0.3 is 15.0 Å². The van der Waals surface area contributed by atoms with Crippen LogP contribution in [0.3, 0.4) is 0 Å². The molecule has 3 fully saturated rings. The summed E-state index contributed by atoms with van der Waals surface area (Å²) in [5.74, 6) is 0.386. The van der Waals surface area contributed by atoms with Gasteiger partial charge in [0.2, 0.25) is 11.8 Å². The van der Waals surface area contributed by atoms with E-state index >= 15 is 0 Å². The quantitative estimate of drug-likeness (QED) is 0.810. The maximum absolute atomic E-state index is 12.9. The van der Waals surface area contributed by atoms with Crippen LogP contribution in [0.1, 0.15) is 32.1 Å². The minimum atomic E-state index is -0.259. The molecule has 0 radical (unpaired) electrons. The van der Waals surface area contributed by atoms with E-state index in [1.807, 2.05) is 4.90 Å². The van der Waals surface area contributed by atoms with Crippen molar-refractivity contribution in [2.45, 2.75) is 37.6 Å². The first-order chi connectivity index (χ1) is 10.5. The van der Waals surface area contributed by atoms with Gasteiger partial charge >= 0.3 is 0 Å². The van der Waals surface area contributed by atoms with Gasteiger partial charge in [0.1, 0.15) is 0 Å². The maximum atomic E-state index is 12.9. The zero-order valence-electron chi connectivity index (χ0n) is 13.7. The Hall–Kier alpha value is -1.14. The van der Waals surface area contributed by atoms with E-state index in [2.05, 4.69) is 17.3 Å². The fourth-order valence-electron chi connectivity index (χ4n) is 3.95. The summed E-state index contributed by atoms with van der Waals surface area (Å²) in [6.07, 6.45) is 4.18. The van der Waals surface area contributed by atoms with Crippen LogP contribution in [0.15, 0.2) is 0 Å². The average molecular weight is 309 g/mol. The Morgan fingerprint density at radius 3 is 2.73 bits per heavy atom. The highest BCUT2D eigenvalue weighted by atomic mass is 16.5. The lowest BCUT2D eigenvalue weighted by Gasteiger charge is -2.49. The lowest BCUT2D eigenvalue weighted by molar-refractivity contribution is -0.144.